The van der Waals surface area contributed by atoms with Gasteiger partial charge in [0.1, 0.15) is 12.4 Å². The number of nitrogens with zero attached hydrogens (tertiary/aromatic N) is 2. The van der Waals surface area contributed by atoms with Crippen LogP contribution in [-0.4, -0.2) is 42.5 Å². The molecule has 0 radical (unpaired) electrons. The predicted molar refractivity (Wildman–Crippen MR) is 127 cm³/mol. The fraction of sp³-hybridized carbons (Fsp3) is 0.750. The number of carbonyl (C=O) groups excluding carboxylic acids is 1. The number of hydrogen-bond donors (Lipinski definition) is 0. The Labute approximate surface area is 183 Å². The second kappa shape index (κ2) is 12.7. The van der Waals surface area contributed by atoms with E-state index in [1.807, 2.05) is 32.2 Å². The van der Waals surface area contributed by atoms with Crippen molar-refractivity contribution in [3.05, 3.63) is 22.8 Å². The van der Waals surface area contributed by atoms with Gasteiger partial charge in [0.25, 0.3) is 0 Å². The number of carbonyl (C=O) groups is 1. The molecule has 3 unspecified atom stereocenters. The van der Waals surface area contributed by atoms with Crippen LogP contribution in [0.15, 0.2) is 27.7 Å². The van der Waals surface area contributed by atoms with Crippen LogP contribution in [0.1, 0.15) is 73.6 Å². The van der Waals surface area contributed by atoms with Gasteiger partial charge in [-0.3, -0.25) is 9.83 Å². The molecule has 1 aliphatic carbocycles. The van der Waals surface area contributed by atoms with E-state index in [1.165, 1.54) is 18.4 Å². The molecule has 0 spiro atoms. The van der Waals surface area contributed by atoms with Crippen molar-refractivity contribution in [2.75, 3.05) is 13.3 Å². The van der Waals surface area contributed by atoms with Gasteiger partial charge in [-0.05, 0) is 89.0 Å². The lowest BCUT2D eigenvalue weighted by Gasteiger charge is -2.34. The molecule has 4 atom stereocenters. The van der Waals surface area contributed by atoms with Gasteiger partial charge in [-0.2, -0.15) is 5.06 Å². The zero-order chi connectivity index (χ0) is 22.0. The lowest BCUT2D eigenvalue weighted by atomic mass is 10.0. The third-order valence-electron chi connectivity index (χ3n) is 5.68. The van der Waals surface area contributed by atoms with Crippen LogP contribution in [0, 0.1) is 17.8 Å². The molecule has 1 saturated carbocycles. The second-order valence-electron chi connectivity index (χ2n) is 9.35. The van der Waals surface area contributed by atoms with E-state index in [0.717, 1.165) is 37.2 Å². The van der Waals surface area contributed by atoms with E-state index in [0.29, 0.717) is 5.92 Å². The van der Waals surface area contributed by atoms with Crippen molar-refractivity contribution in [1.82, 2.24) is 5.06 Å². The van der Waals surface area contributed by atoms with E-state index >= 15 is 0 Å². The number of allylic oxidation sites excluding steroid dienone is 1. The zero-order valence-corrected chi connectivity index (χ0v) is 20.6. The summed E-state index contributed by atoms with van der Waals surface area (Å²) >= 11 is 1.66. The van der Waals surface area contributed by atoms with Crippen LogP contribution in [0.25, 0.3) is 0 Å². The van der Waals surface area contributed by atoms with Gasteiger partial charge < -0.3 is 4.79 Å². The molecule has 0 aliphatic heterocycles. The Hall–Kier alpha value is -0.910. The molecule has 0 heterocycles. The van der Waals surface area contributed by atoms with Crippen molar-refractivity contribution in [3.8, 4) is 0 Å². The zero-order valence-electron chi connectivity index (χ0n) is 19.8. The standard InChI is InChI=1S/C24H42N2O2S/c1-9-25-22(17-29-8)13-19(3)23(28-26(7)24(4,5)6)15-21-14-20(21)12-10-11-18(2)16-27/h9,13,16-18,20-21,23H,10-12,14-15H2,1-8H3/b19-13+,22-17-,25-9?/t18-,20?,21?,23?/m0/s1. The third-order valence-corrected chi connectivity index (χ3v) is 6.16. The number of rotatable bonds is 13. The molecule has 29 heavy (non-hydrogen) atoms. The molecule has 0 amide bonds. The molecule has 0 aromatic rings. The monoisotopic (exact) mass is 422 g/mol. The van der Waals surface area contributed by atoms with Gasteiger partial charge in [0.2, 0.25) is 0 Å². The highest BCUT2D eigenvalue weighted by Crippen LogP contribution is 2.46. The molecular weight excluding hydrogens is 380 g/mol. The van der Waals surface area contributed by atoms with Crippen LogP contribution in [0.4, 0.5) is 0 Å². The van der Waals surface area contributed by atoms with Crippen LogP contribution in [0.3, 0.4) is 0 Å². The maximum absolute atomic E-state index is 10.8. The molecule has 5 heteroatoms. The minimum atomic E-state index is -0.0496. The van der Waals surface area contributed by atoms with Crippen LogP contribution >= 0.6 is 11.8 Å². The molecule has 0 saturated heterocycles. The third kappa shape index (κ3) is 10.1. The van der Waals surface area contributed by atoms with E-state index < -0.39 is 0 Å². The number of aliphatic imine (C=N–C) groups is 1. The van der Waals surface area contributed by atoms with Gasteiger partial charge >= 0.3 is 0 Å². The largest absolute Gasteiger partial charge is 0.303 e. The number of aldehydes is 1. The van der Waals surface area contributed by atoms with Gasteiger partial charge in [0.15, 0.2) is 0 Å². The predicted octanol–water partition coefficient (Wildman–Crippen LogP) is 6.29. The molecule has 1 aliphatic rings. The van der Waals surface area contributed by atoms with Gasteiger partial charge in [-0.1, -0.05) is 19.8 Å². The van der Waals surface area contributed by atoms with Gasteiger partial charge in [0, 0.05) is 24.7 Å². The summed E-state index contributed by atoms with van der Waals surface area (Å²) in [5, 5.41) is 4.06. The van der Waals surface area contributed by atoms with Crippen molar-refractivity contribution in [1.29, 1.82) is 0 Å². The number of hydrogen-bond acceptors (Lipinski definition) is 5. The summed E-state index contributed by atoms with van der Waals surface area (Å²) in [5.74, 6) is 1.68. The Kier molecular flexibility index (Phi) is 11.4. The smallest absolute Gasteiger partial charge is 0.122 e. The van der Waals surface area contributed by atoms with Gasteiger partial charge in [0.05, 0.1) is 5.70 Å². The van der Waals surface area contributed by atoms with Gasteiger partial charge in [-0.25, -0.2) is 0 Å². The number of hydroxylamine groups is 2. The molecular formula is C24H42N2O2S. The van der Waals surface area contributed by atoms with Crippen molar-refractivity contribution in [3.63, 3.8) is 0 Å². The minimum absolute atomic E-state index is 0.0496. The van der Waals surface area contributed by atoms with E-state index in [9.17, 15) is 4.79 Å². The molecule has 1 fully saturated rings. The molecule has 0 N–H and O–H groups in total. The average molecular weight is 423 g/mol. The Balaban J connectivity index is 2.79. The van der Waals surface area contributed by atoms with Crippen LogP contribution in [0.5, 0.6) is 0 Å². The Morgan fingerprint density at radius 1 is 1.34 bits per heavy atom. The highest BCUT2D eigenvalue weighted by Gasteiger charge is 2.39. The van der Waals surface area contributed by atoms with E-state index in [-0.39, 0.29) is 17.6 Å². The fourth-order valence-electron chi connectivity index (χ4n) is 3.36. The summed E-state index contributed by atoms with van der Waals surface area (Å²) < 4.78 is 0. The van der Waals surface area contributed by atoms with Crippen LogP contribution in [-0.2, 0) is 9.63 Å². The summed E-state index contributed by atoms with van der Waals surface area (Å²) in [6.45, 7) is 12.6. The van der Waals surface area contributed by atoms with Crippen molar-refractivity contribution < 1.29 is 9.63 Å². The molecule has 0 bridgehead atoms. The second-order valence-corrected chi connectivity index (χ2v) is 10.1. The van der Waals surface area contributed by atoms with E-state index in [4.69, 9.17) is 4.84 Å². The Morgan fingerprint density at radius 2 is 2.03 bits per heavy atom. The topological polar surface area (TPSA) is 41.9 Å². The first-order chi connectivity index (χ1) is 13.6. The lowest BCUT2D eigenvalue weighted by Crippen LogP contribution is -2.41. The molecule has 0 aromatic heterocycles. The van der Waals surface area contributed by atoms with Crippen molar-refractivity contribution in [2.45, 2.75) is 85.3 Å². The summed E-state index contributed by atoms with van der Waals surface area (Å²) in [6.07, 6.45) is 12.9. The first-order valence-electron chi connectivity index (χ1n) is 10.9. The Morgan fingerprint density at radius 3 is 2.59 bits per heavy atom. The van der Waals surface area contributed by atoms with Crippen LogP contribution in [0.2, 0.25) is 0 Å². The SMILES string of the molecule is CC=NC(=C\SC)/C=C(\C)C(CC1CC1CCC[C@H](C)C=O)ON(C)C(C)(C)C. The molecule has 1 rings (SSSR count). The maximum atomic E-state index is 10.8. The van der Waals surface area contributed by atoms with E-state index in [2.05, 4.69) is 50.4 Å². The lowest BCUT2D eigenvalue weighted by molar-refractivity contribution is -0.218. The number of thioether (sulfide) groups is 1. The normalized spacial score (nSPS) is 22.9. The minimum Gasteiger partial charge on any atom is -0.303 e. The van der Waals surface area contributed by atoms with Gasteiger partial charge in [-0.15, -0.1) is 11.8 Å². The molecule has 4 nitrogen and oxygen atoms in total. The molecule has 166 valence electrons. The van der Waals surface area contributed by atoms with Crippen molar-refractivity contribution in [2.24, 2.45) is 22.7 Å². The van der Waals surface area contributed by atoms with E-state index in [1.54, 1.807) is 11.8 Å². The van der Waals surface area contributed by atoms with Crippen LogP contribution < -0.4 is 0 Å². The quantitative estimate of drug-likeness (QED) is 0.151. The highest BCUT2D eigenvalue weighted by atomic mass is 32.2. The average Bonchev–Trinajstić information content (AvgIpc) is 3.38. The fourth-order valence-corrected chi connectivity index (χ4v) is 3.73. The molecule has 0 aromatic carbocycles. The van der Waals surface area contributed by atoms with Crippen molar-refractivity contribution >= 4 is 24.3 Å². The maximum Gasteiger partial charge on any atom is 0.122 e. The Bertz CT molecular complexity index is 592. The summed E-state index contributed by atoms with van der Waals surface area (Å²) in [5.41, 5.74) is 2.14. The summed E-state index contributed by atoms with van der Waals surface area (Å²) in [6, 6.07) is 0. The first-order valence-corrected chi connectivity index (χ1v) is 12.2. The first kappa shape index (κ1) is 26.1. The highest BCUT2D eigenvalue weighted by molar-refractivity contribution is 8.01. The summed E-state index contributed by atoms with van der Waals surface area (Å²) in [7, 11) is 2.02. The summed E-state index contributed by atoms with van der Waals surface area (Å²) in [4.78, 5) is 21.7.